The summed E-state index contributed by atoms with van der Waals surface area (Å²) in [5, 5.41) is 14.9. The molecule has 8 nitrogen and oxygen atoms in total. The molecule has 2 N–H and O–H groups in total. The fourth-order valence-corrected chi connectivity index (χ4v) is 6.34. The van der Waals surface area contributed by atoms with Crippen molar-refractivity contribution in [1.29, 1.82) is 0 Å². The fourth-order valence-electron chi connectivity index (χ4n) is 6.34. The van der Waals surface area contributed by atoms with Gasteiger partial charge in [0.15, 0.2) is 5.78 Å². The number of anilines is 1. The maximum atomic E-state index is 14.4. The second kappa shape index (κ2) is 15.5. The van der Waals surface area contributed by atoms with Crippen molar-refractivity contribution in [3.63, 3.8) is 0 Å². The number of fused-ring (bicyclic) bond motifs is 2. The number of aromatic carboxylic acids is 1. The summed E-state index contributed by atoms with van der Waals surface area (Å²) in [4.78, 5) is 38.6. The summed E-state index contributed by atoms with van der Waals surface area (Å²) in [7, 11) is 0. The Hall–Kier alpha value is -6.67. The van der Waals surface area contributed by atoms with E-state index in [1.165, 1.54) is 12.1 Å². The van der Waals surface area contributed by atoms with Crippen LogP contribution in [0.2, 0.25) is 0 Å². The molecule has 0 aliphatic carbocycles. The van der Waals surface area contributed by atoms with E-state index < -0.39 is 5.97 Å². The van der Waals surface area contributed by atoms with E-state index in [0.29, 0.717) is 53.6 Å². The quantitative estimate of drug-likeness (QED) is 0.110. The number of carbonyl (C=O) groups is 3. The molecular formula is C44H36N2O6. The van der Waals surface area contributed by atoms with Crippen LogP contribution in [0.3, 0.4) is 0 Å². The van der Waals surface area contributed by atoms with E-state index in [-0.39, 0.29) is 30.3 Å². The summed E-state index contributed by atoms with van der Waals surface area (Å²) in [6, 6.07) is 44.9. The Morgan fingerprint density at radius 3 is 2.04 bits per heavy atom. The number of carbonyl (C=O) groups excluding carboxylic acids is 2. The van der Waals surface area contributed by atoms with Crippen LogP contribution in [-0.2, 0) is 24.6 Å². The van der Waals surface area contributed by atoms with Gasteiger partial charge in [0.2, 0.25) is 5.91 Å². The molecule has 8 heteroatoms. The monoisotopic (exact) mass is 688 g/mol. The maximum absolute atomic E-state index is 14.4. The Labute approximate surface area is 300 Å². The fraction of sp³-hybridized carbons (Fsp3) is 0.114. The SMILES string of the molecule is O=C(CCCn1c(COc2ccc3ccccc3c2)c(C(=O)c2ccccc2)c2cc(OCc3ccccc3)ccc21)Nc1ccc(C(=O)O)cc1. The molecule has 0 aliphatic heterocycles. The van der Waals surface area contributed by atoms with Gasteiger partial charge in [-0.2, -0.15) is 0 Å². The first-order valence-corrected chi connectivity index (χ1v) is 17.1. The lowest BCUT2D eigenvalue weighted by molar-refractivity contribution is -0.116. The minimum atomic E-state index is -1.03. The van der Waals surface area contributed by atoms with Crippen molar-refractivity contribution >= 4 is 45.0 Å². The van der Waals surface area contributed by atoms with E-state index in [9.17, 15) is 19.5 Å². The summed E-state index contributed by atoms with van der Waals surface area (Å²) < 4.78 is 14.7. The predicted octanol–water partition coefficient (Wildman–Crippen LogP) is 9.30. The number of rotatable bonds is 14. The zero-order valence-electron chi connectivity index (χ0n) is 28.3. The number of nitrogens with one attached hydrogen (secondary N) is 1. The molecule has 0 spiro atoms. The Morgan fingerprint density at radius 1 is 0.635 bits per heavy atom. The first-order valence-electron chi connectivity index (χ1n) is 17.1. The molecule has 0 radical (unpaired) electrons. The Bertz CT molecular complexity index is 2370. The van der Waals surface area contributed by atoms with Crippen LogP contribution in [0, 0.1) is 0 Å². The number of nitrogens with zero attached hydrogens (tertiary/aromatic N) is 1. The average Bonchev–Trinajstić information content (AvgIpc) is 3.48. The Kier molecular flexibility index (Phi) is 10.1. The molecule has 1 amide bonds. The smallest absolute Gasteiger partial charge is 0.335 e. The molecule has 1 aromatic heterocycles. The number of ketones is 1. The Balaban J connectivity index is 1.22. The lowest BCUT2D eigenvalue weighted by Crippen LogP contribution is -2.15. The van der Waals surface area contributed by atoms with E-state index >= 15 is 0 Å². The third kappa shape index (κ3) is 7.71. The van der Waals surface area contributed by atoms with Crippen molar-refractivity contribution in [2.24, 2.45) is 0 Å². The molecule has 0 unspecified atom stereocenters. The second-order valence-electron chi connectivity index (χ2n) is 12.5. The molecular weight excluding hydrogens is 652 g/mol. The highest BCUT2D eigenvalue weighted by Crippen LogP contribution is 2.34. The average molecular weight is 689 g/mol. The van der Waals surface area contributed by atoms with Gasteiger partial charge in [0.1, 0.15) is 24.7 Å². The standard InChI is InChI=1S/C44H36N2O6/c47-41(45-35-20-17-33(18-21-35)44(49)50)16-9-25-46-39-24-23-37(51-28-30-10-3-1-4-11-30)27-38(39)42(43(48)32-13-5-2-6-14-32)40(46)29-52-36-22-19-31-12-7-8-15-34(31)26-36/h1-8,10-15,17-24,26-27H,9,16,25,28-29H2,(H,45,47)(H,49,50). The lowest BCUT2D eigenvalue weighted by atomic mass is 10.00. The number of ether oxygens (including phenoxy) is 2. The number of amides is 1. The number of aromatic nitrogens is 1. The molecule has 1 heterocycles. The van der Waals surface area contributed by atoms with Crippen molar-refractivity contribution < 1.29 is 29.0 Å². The van der Waals surface area contributed by atoms with Crippen LogP contribution in [-0.4, -0.2) is 27.3 Å². The van der Waals surface area contributed by atoms with Gasteiger partial charge in [-0.25, -0.2) is 4.79 Å². The highest BCUT2D eigenvalue weighted by molar-refractivity contribution is 6.17. The summed E-state index contributed by atoms with van der Waals surface area (Å²) in [6.45, 7) is 0.926. The van der Waals surface area contributed by atoms with Crippen LogP contribution >= 0.6 is 0 Å². The number of hydrogen-bond donors (Lipinski definition) is 2. The number of hydrogen-bond acceptors (Lipinski definition) is 5. The van der Waals surface area contributed by atoms with Gasteiger partial charge in [-0.05, 0) is 77.4 Å². The molecule has 0 bridgehead atoms. The number of carboxylic acids is 1. The molecule has 7 aromatic rings. The molecule has 52 heavy (non-hydrogen) atoms. The highest BCUT2D eigenvalue weighted by Gasteiger charge is 2.25. The van der Waals surface area contributed by atoms with Crippen LogP contribution in [0.15, 0.2) is 146 Å². The van der Waals surface area contributed by atoms with Crippen molar-refractivity contribution in [1.82, 2.24) is 4.57 Å². The van der Waals surface area contributed by atoms with Crippen LogP contribution in [0.25, 0.3) is 21.7 Å². The van der Waals surface area contributed by atoms with Crippen molar-refractivity contribution in [3.8, 4) is 11.5 Å². The van der Waals surface area contributed by atoms with Gasteiger partial charge >= 0.3 is 5.97 Å². The number of carboxylic acid groups (broad SMARTS) is 1. The number of aryl methyl sites for hydroxylation is 1. The summed E-state index contributed by atoms with van der Waals surface area (Å²) in [5.74, 6) is -0.0631. The van der Waals surface area contributed by atoms with Gasteiger partial charge in [0.05, 0.1) is 16.8 Å². The molecule has 0 aliphatic rings. The van der Waals surface area contributed by atoms with Gasteiger partial charge in [0.25, 0.3) is 0 Å². The maximum Gasteiger partial charge on any atom is 0.335 e. The second-order valence-corrected chi connectivity index (χ2v) is 12.5. The predicted molar refractivity (Wildman–Crippen MR) is 202 cm³/mol. The summed E-state index contributed by atoms with van der Waals surface area (Å²) in [5.41, 5.74) is 4.29. The molecule has 0 saturated carbocycles. The molecule has 0 atom stereocenters. The van der Waals surface area contributed by atoms with Crippen LogP contribution < -0.4 is 14.8 Å². The van der Waals surface area contributed by atoms with Gasteiger partial charge in [-0.3, -0.25) is 9.59 Å². The van der Waals surface area contributed by atoms with Crippen molar-refractivity contribution in [2.75, 3.05) is 5.32 Å². The molecule has 0 saturated heterocycles. The number of benzene rings is 6. The topological polar surface area (TPSA) is 107 Å². The van der Waals surface area contributed by atoms with Crippen LogP contribution in [0.1, 0.15) is 50.4 Å². The van der Waals surface area contributed by atoms with E-state index in [0.717, 1.165) is 27.2 Å². The first kappa shape index (κ1) is 33.8. The lowest BCUT2D eigenvalue weighted by Gasteiger charge is -2.14. The minimum absolute atomic E-state index is 0.114. The third-order valence-electron chi connectivity index (χ3n) is 8.95. The normalized spacial score (nSPS) is 11.0. The van der Waals surface area contributed by atoms with Gasteiger partial charge in [0, 0.05) is 35.1 Å². The van der Waals surface area contributed by atoms with E-state index in [4.69, 9.17) is 9.47 Å². The molecule has 7 rings (SSSR count). The van der Waals surface area contributed by atoms with Gasteiger partial charge < -0.3 is 24.5 Å². The van der Waals surface area contributed by atoms with Crippen molar-refractivity contribution in [3.05, 3.63) is 174 Å². The molecule has 6 aromatic carbocycles. The van der Waals surface area contributed by atoms with Crippen LogP contribution in [0.5, 0.6) is 11.5 Å². The summed E-state index contributed by atoms with van der Waals surface area (Å²) >= 11 is 0. The summed E-state index contributed by atoms with van der Waals surface area (Å²) in [6.07, 6.45) is 0.669. The molecule has 0 fully saturated rings. The Morgan fingerprint density at radius 2 is 1.29 bits per heavy atom. The van der Waals surface area contributed by atoms with E-state index in [1.54, 1.807) is 12.1 Å². The largest absolute Gasteiger partial charge is 0.489 e. The van der Waals surface area contributed by atoms with Gasteiger partial charge in [-0.1, -0.05) is 91.0 Å². The van der Waals surface area contributed by atoms with E-state index in [2.05, 4.69) is 9.88 Å². The van der Waals surface area contributed by atoms with Crippen molar-refractivity contribution in [2.45, 2.75) is 32.6 Å². The zero-order chi connectivity index (χ0) is 35.9. The minimum Gasteiger partial charge on any atom is -0.489 e. The van der Waals surface area contributed by atoms with Gasteiger partial charge in [-0.15, -0.1) is 0 Å². The third-order valence-corrected chi connectivity index (χ3v) is 8.95. The van der Waals surface area contributed by atoms with Crippen LogP contribution in [0.4, 0.5) is 5.69 Å². The van der Waals surface area contributed by atoms with E-state index in [1.807, 2.05) is 121 Å². The zero-order valence-corrected chi connectivity index (χ0v) is 28.3. The molecule has 258 valence electrons. The first-order chi connectivity index (χ1) is 25.4. The highest BCUT2D eigenvalue weighted by atomic mass is 16.5.